The van der Waals surface area contributed by atoms with Gasteiger partial charge in [0.05, 0.1) is 0 Å². The summed E-state index contributed by atoms with van der Waals surface area (Å²) in [4.78, 5) is 28.8. The number of hydrogen-bond acceptors (Lipinski definition) is 6. The lowest BCUT2D eigenvalue weighted by Crippen LogP contribution is -2.25. The minimum Gasteiger partial charge on any atom is -0.460 e. The minimum atomic E-state index is -2.84. The highest BCUT2D eigenvalue weighted by Gasteiger charge is 2.17. The largest absolute Gasteiger partial charge is 0.688 e. The topological polar surface area (TPSA) is 78.9 Å². The molecule has 0 rings (SSSR count). The third-order valence-corrected chi connectivity index (χ3v) is 1.50. The van der Waals surface area contributed by atoms with E-state index in [4.69, 9.17) is 0 Å². The maximum Gasteiger partial charge on any atom is 0.688 e. The molecule has 0 aromatic rings. The molecule has 0 aromatic heterocycles. The van der Waals surface area contributed by atoms with Gasteiger partial charge in [0.1, 0.15) is 0 Å². The fourth-order valence-corrected chi connectivity index (χ4v) is 0.697. The van der Waals surface area contributed by atoms with Gasteiger partial charge in [-0.3, -0.25) is 14.4 Å². The summed E-state index contributed by atoms with van der Waals surface area (Å²) in [6.45, 7) is 0.137. The van der Waals surface area contributed by atoms with Crippen LogP contribution in [0.1, 0.15) is 0 Å². The third kappa shape index (κ3) is 3.61. The lowest BCUT2D eigenvalue weighted by atomic mass is 11.7. The molecule has 0 fully saturated rings. The highest BCUT2D eigenvalue weighted by atomic mass is 28.3. The van der Waals surface area contributed by atoms with Crippen LogP contribution in [0.25, 0.3) is 0 Å². The van der Waals surface area contributed by atoms with Gasteiger partial charge in [0, 0.05) is 0 Å². The molecule has 0 atom stereocenters. The third-order valence-electron chi connectivity index (χ3n) is 0.500. The number of carbonyl (C=O) groups excluding carboxylic acids is 3. The molecule has 0 saturated heterocycles. The maximum atomic E-state index is 9.59. The van der Waals surface area contributed by atoms with Gasteiger partial charge >= 0.3 is 9.53 Å². The first-order valence-corrected chi connectivity index (χ1v) is 3.54. The van der Waals surface area contributed by atoms with E-state index in [1.807, 2.05) is 0 Å². The Morgan fingerprint density at radius 3 is 1.30 bits per heavy atom. The molecule has 0 saturated carbocycles. The molecule has 0 bridgehead atoms. The van der Waals surface area contributed by atoms with Gasteiger partial charge in [0.15, 0.2) is 0 Å². The van der Waals surface area contributed by atoms with Crippen molar-refractivity contribution in [2.75, 3.05) is 0 Å². The molecule has 6 nitrogen and oxygen atoms in total. The highest BCUT2D eigenvalue weighted by Crippen LogP contribution is 1.83. The Labute approximate surface area is 57.6 Å². The lowest BCUT2D eigenvalue weighted by molar-refractivity contribution is -0.132. The van der Waals surface area contributed by atoms with E-state index in [1.54, 1.807) is 0 Å². The zero-order chi connectivity index (χ0) is 7.82. The van der Waals surface area contributed by atoms with Crippen molar-refractivity contribution in [3.8, 4) is 0 Å². The van der Waals surface area contributed by atoms with Gasteiger partial charge in [-0.15, -0.1) is 0 Å². The summed E-state index contributed by atoms with van der Waals surface area (Å²) in [5, 5.41) is 0. The van der Waals surface area contributed by atoms with E-state index in [0.717, 1.165) is 0 Å². The van der Waals surface area contributed by atoms with E-state index >= 15 is 0 Å². The van der Waals surface area contributed by atoms with Crippen molar-refractivity contribution in [3.63, 3.8) is 0 Å². The Morgan fingerprint density at radius 2 is 1.10 bits per heavy atom. The molecule has 0 heterocycles. The van der Waals surface area contributed by atoms with E-state index in [2.05, 4.69) is 13.3 Å². The molecule has 0 aliphatic rings. The Bertz CT molecular complexity index is 100. The second-order valence-electron chi connectivity index (χ2n) is 0.986. The van der Waals surface area contributed by atoms with Crippen LogP contribution in [0.2, 0.25) is 0 Å². The first-order chi connectivity index (χ1) is 4.85. The molecule has 0 N–H and O–H groups in total. The van der Waals surface area contributed by atoms with Crippen molar-refractivity contribution in [1.29, 1.82) is 0 Å². The van der Waals surface area contributed by atoms with Gasteiger partial charge in [-0.2, -0.15) is 0 Å². The van der Waals surface area contributed by atoms with Crippen LogP contribution in [-0.4, -0.2) is 28.9 Å². The van der Waals surface area contributed by atoms with Crippen LogP contribution in [0.15, 0.2) is 0 Å². The summed E-state index contributed by atoms with van der Waals surface area (Å²) >= 11 is 0. The fourth-order valence-electron chi connectivity index (χ4n) is 0.232. The monoisotopic (exact) mass is 164 g/mol. The molecule has 0 radical (unpaired) electrons. The van der Waals surface area contributed by atoms with Crippen molar-refractivity contribution in [2.45, 2.75) is 0 Å². The Morgan fingerprint density at radius 1 is 0.800 bits per heavy atom. The smallest absolute Gasteiger partial charge is 0.460 e. The van der Waals surface area contributed by atoms with Crippen molar-refractivity contribution >= 4 is 28.9 Å². The van der Waals surface area contributed by atoms with Gasteiger partial charge in [-0.05, 0) is 0 Å². The quantitative estimate of drug-likeness (QED) is 0.341. The number of carbonyl (C=O) groups is 3. The molecule has 10 heavy (non-hydrogen) atoms. The second kappa shape index (κ2) is 5.76. The van der Waals surface area contributed by atoms with Crippen LogP contribution < -0.4 is 0 Å². The van der Waals surface area contributed by atoms with Crippen LogP contribution in [0, 0.1) is 0 Å². The predicted molar refractivity (Wildman–Crippen MR) is 28.6 cm³/mol. The molecular weight excluding hydrogens is 160 g/mol. The standard InChI is InChI=1S/C3H4O6Si/c4-1-7-10(8-2-5)9-3-6/h1-3,10H. The van der Waals surface area contributed by atoms with Gasteiger partial charge < -0.3 is 13.3 Å². The molecule has 0 amide bonds. The van der Waals surface area contributed by atoms with Crippen molar-refractivity contribution < 1.29 is 27.7 Å². The van der Waals surface area contributed by atoms with Crippen LogP contribution >= 0.6 is 0 Å². The summed E-state index contributed by atoms with van der Waals surface area (Å²) in [7, 11) is -2.84. The summed E-state index contributed by atoms with van der Waals surface area (Å²) in [6.07, 6.45) is 0. The zero-order valence-corrected chi connectivity index (χ0v) is 5.91. The van der Waals surface area contributed by atoms with Gasteiger partial charge in [-0.1, -0.05) is 0 Å². The van der Waals surface area contributed by atoms with E-state index in [0.29, 0.717) is 0 Å². The van der Waals surface area contributed by atoms with E-state index in [1.165, 1.54) is 0 Å². The first kappa shape index (κ1) is 8.63. The highest BCUT2D eigenvalue weighted by molar-refractivity contribution is 6.41. The van der Waals surface area contributed by atoms with E-state index in [-0.39, 0.29) is 19.4 Å². The average molecular weight is 164 g/mol. The van der Waals surface area contributed by atoms with Crippen LogP contribution in [0.3, 0.4) is 0 Å². The zero-order valence-electron chi connectivity index (χ0n) is 4.76. The minimum absolute atomic E-state index is 0.0455. The van der Waals surface area contributed by atoms with Crippen LogP contribution in [0.4, 0.5) is 0 Å². The molecule has 0 unspecified atom stereocenters. The SMILES string of the molecule is O=CO[SiH](OC=O)OC=O. The van der Waals surface area contributed by atoms with Gasteiger partial charge in [0.2, 0.25) is 0 Å². The van der Waals surface area contributed by atoms with Crippen LogP contribution in [0.5, 0.6) is 0 Å². The normalized spacial score (nSPS) is 8.10. The Kier molecular flexibility index (Phi) is 4.97. The first-order valence-electron chi connectivity index (χ1n) is 2.12. The summed E-state index contributed by atoms with van der Waals surface area (Å²) in [6, 6.07) is 0. The predicted octanol–water partition coefficient (Wildman–Crippen LogP) is -1.78. The molecule has 0 aromatic carbocycles. The number of rotatable bonds is 6. The Hall–Kier alpha value is -1.37. The Balaban J connectivity index is 3.58. The van der Waals surface area contributed by atoms with E-state index < -0.39 is 9.53 Å². The molecule has 7 heteroatoms. The van der Waals surface area contributed by atoms with Crippen molar-refractivity contribution in [3.05, 3.63) is 0 Å². The lowest BCUT2D eigenvalue weighted by Gasteiger charge is -2.04. The molecule has 0 spiro atoms. The second-order valence-corrected chi connectivity index (χ2v) is 2.38. The molecule has 56 valence electrons. The average Bonchev–Trinajstić information content (AvgIpc) is 1.90. The molecule has 0 aliphatic heterocycles. The van der Waals surface area contributed by atoms with E-state index in [9.17, 15) is 14.4 Å². The molecular formula is C3H4O6Si. The maximum absolute atomic E-state index is 9.59. The van der Waals surface area contributed by atoms with Gasteiger partial charge in [-0.25, -0.2) is 0 Å². The van der Waals surface area contributed by atoms with Crippen LogP contribution in [-0.2, 0) is 27.7 Å². The van der Waals surface area contributed by atoms with Crippen molar-refractivity contribution in [1.82, 2.24) is 0 Å². The number of hydrogen-bond donors (Lipinski definition) is 0. The summed E-state index contributed by atoms with van der Waals surface area (Å²) in [5.74, 6) is 0. The fraction of sp³-hybridized carbons (Fsp3) is 0. The summed E-state index contributed by atoms with van der Waals surface area (Å²) in [5.41, 5.74) is 0. The van der Waals surface area contributed by atoms with Crippen molar-refractivity contribution in [2.24, 2.45) is 0 Å². The molecule has 0 aliphatic carbocycles. The van der Waals surface area contributed by atoms with Gasteiger partial charge in [0.25, 0.3) is 19.4 Å². The summed E-state index contributed by atoms with van der Waals surface area (Å²) < 4.78 is 12.2.